The highest BCUT2D eigenvalue weighted by Crippen LogP contribution is 2.38. The number of Topliss-reactive ketones (excluding diaryl/α,β-unsaturated/α-hetero) is 1. The summed E-state index contributed by atoms with van der Waals surface area (Å²) in [5.41, 5.74) is 0.865. The molecule has 0 radical (unpaired) electrons. The van der Waals surface area contributed by atoms with Crippen molar-refractivity contribution >= 4 is 30.0 Å². The van der Waals surface area contributed by atoms with Crippen molar-refractivity contribution in [3.63, 3.8) is 0 Å². The lowest BCUT2D eigenvalue weighted by molar-refractivity contribution is -0.115. The highest BCUT2D eigenvalue weighted by Gasteiger charge is 2.40. The predicted molar refractivity (Wildman–Crippen MR) is 73.6 cm³/mol. The van der Waals surface area contributed by atoms with Gasteiger partial charge in [0.05, 0.1) is 6.10 Å². The number of hydrogen-bond donors (Lipinski definition) is 0. The molecule has 0 unspecified atom stereocenters. The molecule has 0 N–H and O–H groups in total. The van der Waals surface area contributed by atoms with Gasteiger partial charge in [0.15, 0.2) is 14.1 Å². The Bertz CT molecular complexity index is 315. The van der Waals surface area contributed by atoms with E-state index in [-0.39, 0.29) is 16.9 Å². The Morgan fingerprint density at radius 2 is 2.06 bits per heavy atom. The second kappa shape index (κ2) is 4.74. The normalized spacial score (nSPS) is 22.5. The summed E-state index contributed by atoms with van der Waals surface area (Å²) in [5, 5.41) is 0.838. The largest absolute Gasteiger partial charge is 0.410 e. The fourth-order valence-corrected chi connectivity index (χ4v) is 3.20. The van der Waals surface area contributed by atoms with Gasteiger partial charge < -0.3 is 4.43 Å². The molecule has 0 aromatic rings. The van der Waals surface area contributed by atoms with Gasteiger partial charge in [-0.05, 0) is 24.2 Å². The van der Waals surface area contributed by atoms with Gasteiger partial charge in [0, 0.05) is 17.3 Å². The molecule has 0 saturated carbocycles. The van der Waals surface area contributed by atoms with Crippen LogP contribution in [0.15, 0.2) is 11.6 Å². The molecule has 0 aliphatic heterocycles. The zero-order chi connectivity index (χ0) is 12.6. The maximum Gasteiger partial charge on any atom is 0.192 e. The summed E-state index contributed by atoms with van der Waals surface area (Å²) in [7, 11) is -1.75. The van der Waals surface area contributed by atoms with Crippen molar-refractivity contribution in [3.8, 4) is 0 Å². The van der Waals surface area contributed by atoms with Gasteiger partial charge in [-0.15, -0.1) is 0 Å². The van der Waals surface area contributed by atoms with Gasteiger partial charge in [0.25, 0.3) is 0 Å². The predicted octanol–water partition coefficient (Wildman–Crippen LogP) is 3.67. The van der Waals surface area contributed by atoms with Crippen molar-refractivity contribution < 1.29 is 9.22 Å². The summed E-state index contributed by atoms with van der Waals surface area (Å²) < 4.78 is 6.19. The second-order valence-electron chi connectivity index (χ2n) is 5.87. The lowest BCUT2D eigenvalue weighted by atomic mass is 10.2. The molecule has 0 aromatic heterocycles. The molecule has 0 amide bonds. The molecule has 0 heterocycles. The van der Waals surface area contributed by atoms with E-state index in [4.69, 9.17) is 4.43 Å². The van der Waals surface area contributed by atoms with Crippen molar-refractivity contribution in [2.75, 3.05) is 5.33 Å². The van der Waals surface area contributed by atoms with Crippen molar-refractivity contribution in [2.45, 2.75) is 51.4 Å². The molecule has 1 atom stereocenters. The molecule has 1 rings (SSSR count). The Labute approximate surface area is 108 Å². The zero-order valence-corrected chi connectivity index (χ0v) is 13.3. The van der Waals surface area contributed by atoms with Gasteiger partial charge in [-0.2, -0.15) is 0 Å². The zero-order valence-electron chi connectivity index (χ0n) is 10.8. The summed E-state index contributed by atoms with van der Waals surface area (Å²) in [6, 6.07) is 0. The average Bonchev–Trinajstić information content (AvgIpc) is 2.43. The van der Waals surface area contributed by atoms with E-state index in [9.17, 15) is 4.79 Å². The molecule has 0 aromatic carbocycles. The minimum Gasteiger partial charge on any atom is -0.410 e. The quantitative estimate of drug-likeness (QED) is 0.587. The lowest BCUT2D eigenvalue weighted by Gasteiger charge is -2.37. The van der Waals surface area contributed by atoms with Gasteiger partial charge >= 0.3 is 0 Å². The summed E-state index contributed by atoms with van der Waals surface area (Å²) in [4.78, 5) is 11.6. The third-order valence-corrected chi connectivity index (χ3v) is 8.64. The third-order valence-electron chi connectivity index (χ3n) is 3.53. The van der Waals surface area contributed by atoms with E-state index < -0.39 is 8.32 Å². The van der Waals surface area contributed by atoms with E-state index in [1.165, 1.54) is 0 Å². The van der Waals surface area contributed by atoms with Crippen LogP contribution in [0.5, 0.6) is 0 Å². The minimum atomic E-state index is -1.75. The van der Waals surface area contributed by atoms with Gasteiger partial charge in [0.2, 0.25) is 0 Å². The van der Waals surface area contributed by atoms with Crippen LogP contribution in [-0.4, -0.2) is 25.5 Å². The van der Waals surface area contributed by atoms with Crippen LogP contribution in [0.3, 0.4) is 0 Å². The number of alkyl halides is 1. The molecule has 2 nitrogen and oxygen atoms in total. The van der Waals surface area contributed by atoms with E-state index in [1.54, 1.807) is 0 Å². The first kappa shape index (κ1) is 14.1. The molecular formula is C12H21BrO2Si. The summed E-state index contributed by atoms with van der Waals surface area (Å²) in [6.45, 7) is 11.1. The van der Waals surface area contributed by atoms with Crippen molar-refractivity contribution in [3.05, 3.63) is 11.6 Å². The van der Waals surface area contributed by atoms with Crippen molar-refractivity contribution in [1.29, 1.82) is 0 Å². The van der Waals surface area contributed by atoms with Crippen molar-refractivity contribution in [1.82, 2.24) is 0 Å². The summed E-state index contributed by atoms with van der Waals surface area (Å²) in [5.74, 6) is 0.223. The van der Waals surface area contributed by atoms with Crippen LogP contribution in [0.4, 0.5) is 0 Å². The number of allylic oxidation sites excluding steroid dienone is 1. The maximum absolute atomic E-state index is 11.6. The SMILES string of the molecule is CC(C)(C)[Si](C)(C)O[C@H]1C=C(CBr)C(=O)C1. The summed E-state index contributed by atoms with van der Waals surface area (Å²) >= 11 is 3.33. The van der Waals surface area contributed by atoms with Crippen LogP contribution in [0, 0.1) is 0 Å². The fourth-order valence-electron chi connectivity index (χ4n) is 1.44. The standard InChI is InChI=1S/C12H21BrO2Si/c1-12(2,3)16(4,5)15-10-6-9(8-13)11(14)7-10/h6,10H,7-8H2,1-5H3/t10-/m0/s1. The van der Waals surface area contributed by atoms with Crippen molar-refractivity contribution in [2.24, 2.45) is 0 Å². The molecule has 16 heavy (non-hydrogen) atoms. The van der Waals surface area contributed by atoms with Gasteiger partial charge in [-0.25, -0.2) is 0 Å². The minimum absolute atomic E-state index is 0.000872. The molecule has 0 bridgehead atoms. The van der Waals surface area contributed by atoms with E-state index >= 15 is 0 Å². The number of ketones is 1. The van der Waals surface area contributed by atoms with Gasteiger partial charge in [-0.1, -0.05) is 36.7 Å². The Hall–Kier alpha value is 0.0669. The molecule has 1 aliphatic carbocycles. The van der Waals surface area contributed by atoms with Crippen LogP contribution in [0.1, 0.15) is 27.2 Å². The molecule has 0 saturated heterocycles. The van der Waals surface area contributed by atoms with Gasteiger partial charge in [-0.3, -0.25) is 4.79 Å². The molecular weight excluding hydrogens is 284 g/mol. The van der Waals surface area contributed by atoms with Crippen LogP contribution in [0.2, 0.25) is 18.1 Å². The highest BCUT2D eigenvalue weighted by atomic mass is 79.9. The van der Waals surface area contributed by atoms with Crippen LogP contribution < -0.4 is 0 Å². The van der Waals surface area contributed by atoms with Gasteiger partial charge in [0.1, 0.15) is 0 Å². The fraction of sp³-hybridized carbons (Fsp3) is 0.750. The average molecular weight is 305 g/mol. The topological polar surface area (TPSA) is 26.3 Å². The van der Waals surface area contributed by atoms with Crippen LogP contribution >= 0.6 is 15.9 Å². The Morgan fingerprint density at radius 3 is 2.44 bits per heavy atom. The van der Waals surface area contributed by atoms with Crippen LogP contribution in [0.25, 0.3) is 0 Å². The molecule has 92 valence electrons. The Morgan fingerprint density at radius 1 is 1.50 bits per heavy atom. The monoisotopic (exact) mass is 304 g/mol. The number of hydrogen-bond acceptors (Lipinski definition) is 2. The smallest absolute Gasteiger partial charge is 0.192 e. The molecule has 4 heteroatoms. The van der Waals surface area contributed by atoms with E-state index in [0.717, 1.165) is 5.57 Å². The highest BCUT2D eigenvalue weighted by molar-refractivity contribution is 9.09. The molecule has 0 spiro atoms. The second-order valence-corrected chi connectivity index (χ2v) is 11.2. The maximum atomic E-state index is 11.6. The molecule has 0 fully saturated rings. The number of carbonyl (C=O) groups excluding carboxylic acids is 1. The van der Waals surface area contributed by atoms with E-state index in [2.05, 4.69) is 49.8 Å². The first-order valence-corrected chi connectivity index (χ1v) is 9.68. The molecule has 1 aliphatic rings. The first-order chi connectivity index (χ1) is 7.17. The number of carbonyl (C=O) groups is 1. The Balaban J connectivity index is 2.71. The van der Waals surface area contributed by atoms with E-state index in [0.29, 0.717) is 11.8 Å². The van der Waals surface area contributed by atoms with E-state index in [1.807, 2.05) is 6.08 Å². The number of rotatable bonds is 3. The Kier molecular flexibility index (Phi) is 4.19. The first-order valence-electron chi connectivity index (χ1n) is 5.65. The van der Waals surface area contributed by atoms with Crippen LogP contribution in [-0.2, 0) is 9.22 Å². The lowest BCUT2D eigenvalue weighted by Crippen LogP contribution is -2.43. The summed E-state index contributed by atoms with van der Waals surface area (Å²) in [6.07, 6.45) is 2.51. The third kappa shape index (κ3) is 3.05. The number of halogens is 1.